The Balaban J connectivity index is 0.000000206. The summed E-state index contributed by atoms with van der Waals surface area (Å²) in [5, 5.41) is 2.36. The predicted octanol–water partition coefficient (Wildman–Crippen LogP) is 4.47. The molecule has 0 bridgehead atoms. The van der Waals surface area contributed by atoms with E-state index in [-0.39, 0.29) is 11.7 Å². The quantitative estimate of drug-likeness (QED) is 0.755. The molecule has 0 unspecified atom stereocenters. The number of hydrogen-bond acceptors (Lipinski definition) is 2. The number of nitrogens with one attached hydrogen (secondary N) is 1. The maximum atomic E-state index is 10.5. The van der Waals surface area contributed by atoms with E-state index in [2.05, 4.69) is 39.4 Å². The molecular weight excluding hydrogens is 318 g/mol. The van der Waals surface area contributed by atoms with E-state index >= 15 is 0 Å². The zero-order valence-corrected chi connectivity index (χ0v) is 14.3. The van der Waals surface area contributed by atoms with Crippen LogP contribution in [0.15, 0.2) is 22.7 Å². The van der Waals surface area contributed by atoms with Gasteiger partial charge >= 0.3 is 6.09 Å². The highest BCUT2D eigenvalue weighted by Gasteiger charge is 2.14. The van der Waals surface area contributed by atoms with Crippen LogP contribution >= 0.6 is 15.9 Å². The highest BCUT2D eigenvalue weighted by Crippen LogP contribution is 2.24. The number of ether oxygens (including phenoxy) is 1. The molecule has 0 spiro atoms. The molecule has 3 nitrogen and oxygen atoms in total. The Labute approximate surface area is 130 Å². The Bertz CT molecular complexity index is 452. The molecule has 1 aromatic rings. The Morgan fingerprint density at radius 1 is 1.20 bits per heavy atom. The lowest BCUT2D eigenvalue weighted by Crippen LogP contribution is -2.30. The number of aryl methyl sites for hydroxylation is 2. The summed E-state index contributed by atoms with van der Waals surface area (Å²) >= 11 is 3.49. The van der Waals surface area contributed by atoms with E-state index in [0.29, 0.717) is 0 Å². The van der Waals surface area contributed by atoms with Gasteiger partial charge in [0.15, 0.2) is 0 Å². The minimum absolute atomic E-state index is 0.387. The molecule has 112 valence electrons. The van der Waals surface area contributed by atoms with Gasteiger partial charge in [0.1, 0.15) is 5.60 Å². The van der Waals surface area contributed by atoms with Crippen LogP contribution in [0.3, 0.4) is 0 Å². The molecule has 0 aromatic heterocycles. The molecule has 0 atom stereocenters. The molecule has 2 rings (SSSR count). The van der Waals surface area contributed by atoms with Gasteiger partial charge in [0, 0.05) is 11.5 Å². The normalized spacial score (nSPS) is 13.7. The third-order valence-electron chi connectivity index (χ3n) is 2.91. The number of rotatable bonds is 0. The van der Waals surface area contributed by atoms with Crippen molar-refractivity contribution in [1.29, 1.82) is 0 Å². The van der Waals surface area contributed by atoms with E-state index in [1.807, 2.05) is 20.8 Å². The molecule has 0 aliphatic heterocycles. The molecule has 4 heteroatoms. The lowest BCUT2D eigenvalue weighted by molar-refractivity contribution is 0.0541. The van der Waals surface area contributed by atoms with Crippen molar-refractivity contribution >= 4 is 22.0 Å². The number of amides is 1. The number of benzene rings is 1. The van der Waals surface area contributed by atoms with E-state index < -0.39 is 0 Å². The summed E-state index contributed by atoms with van der Waals surface area (Å²) in [7, 11) is 1.54. The van der Waals surface area contributed by atoms with Crippen molar-refractivity contribution in [1.82, 2.24) is 5.32 Å². The van der Waals surface area contributed by atoms with Gasteiger partial charge in [-0.05, 0) is 69.7 Å². The van der Waals surface area contributed by atoms with E-state index in [1.165, 1.54) is 37.2 Å². The maximum absolute atomic E-state index is 10.5. The van der Waals surface area contributed by atoms with Crippen molar-refractivity contribution in [2.75, 3.05) is 7.05 Å². The maximum Gasteiger partial charge on any atom is 0.407 e. The third kappa shape index (κ3) is 6.42. The standard InChI is InChI=1S/C10H11Br.C6H13NO2/c11-10-6-5-8-3-1-2-4-9(8)7-10;1-6(2,3)9-5(8)7-4/h5-7H,1-4H2;1-4H3,(H,7,8). The van der Waals surface area contributed by atoms with Crippen molar-refractivity contribution < 1.29 is 9.53 Å². The fourth-order valence-electron chi connectivity index (χ4n) is 2.03. The number of fused-ring (bicyclic) bond motifs is 1. The Morgan fingerprint density at radius 2 is 1.80 bits per heavy atom. The molecule has 1 aliphatic rings. The van der Waals surface area contributed by atoms with Crippen molar-refractivity contribution in [3.8, 4) is 0 Å². The summed E-state index contributed by atoms with van der Waals surface area (Å²) in [4.78, 5) is 10.5. The van der Waals surface area contributed by atoms with Crippen molar-refractivity contribution in [3.63, 3.8) is 0 Å². The van der Waals surface area contributed by atoms with Gasteiger partial charge in [-0.3, -0.25) is 0 Å². The lowest BCUT2D eigenvalue weighted by atomic mass is 9.92. The van der Waals surface area contributed by atoms with Crippen LogP contribution in [0.4, 0.5) is 4.79 Å². The summed E-state index contributed by atoms with van der Waals surface area (Å²) < 4.78 is 6.06. The number of carbonyl (C=O) groups excluding carboxylic acids is 1. The summed E-state index contributed by atoms with van der Waals surface area (Å²) in [6.07, 6.45) is 4.90. The highest BCUT2D eigenvalue weighted by molar-refractivity contribution is 9.10. The second-order valence-electron chi connectivity index (χ2n) is 5.87. The monoisotopic (exact) mass is 341 g/mol. The van der Waals surface area contributed by atoms with Crippen LogP contribution in [0.25, 0.3) is 0 Å². The molecular formula is C16H24BrNO2. The Morgan fingerprint density at radius 3 is 2.30 bits per heavy atom. The number of hydrogen-bond donors (Lipinski definition) is 1. The van der Waals surface area contributed by atoms with E-state index in [0.717, 1.165) is 0 Å². The van der Waals surface area contributed by atoms with Gasteiger partial charge in [0.25, 0.3) is 0 Å². The zero-order valence-electron chi connectivity index (χ0n) is 12.8. The van der Waals surface area contributed by atoms with E-state index in [1.54, 1.807) is 11.1 Å². The van der Waals surface area contributed by atoms with Gasteiger partial charge in [-0.15, -0.1) is 0 Å². The minimum Gasteiger partial charge on any atom is -0.444 e. The first-order valence-electron chi connectivity index (χ1n) is 7.00. The van der Waals surface area contributed by atoms with Crippen LogP contribution in [0.5, 0.6) is 0 Å². The van der Waals surface area contributed by atoms with Gasteiger partial charge in [-0.1, -0.05) is 22.0 Å². The topological polar surface area (TPSA) is 38.3 Å². The lowest BCUT2D eigenvalue weighted by Gasteiger charge is -2.18. The van der Waals surface area contributed by atoms with Crippen LogP contribution < -0.4 is 5.32 Å². The molecule has 1 aliphatic carbocycles. The van der Waals surface area contributed by atoms with Gasteiger partial charge in [0.2, 0.25) is 0 Å². The summed E-state index contributed by atoms with van der Waals surface area (Å²) in [6, 6.07) is 6.65. The fraction of sp³-hybridized carbons (Fsp3) is 0.562. The van der Waals surface area contributed by atoms with Crippen molar-refractivity contribution in [2.45, 2.75) is 52.1 Å². The molecule has 0 heterocycles. The first-order valence-corrected chi connectivity index (χ1v) is 7.79. The first kappa shape index (κ1) is 17.0. The largest absolute Gasteiger partial charge is 0.444 e. The third-order valence-corrected chi connectivity index (χ3v) is 3.41. The highest BCUT2D eigenvalue weighted by atomic mass is 79.9. The van der Waals surface area contributed by atoms with Crippen LogP contribution in [-0.2, 0) is 17.6 Å². The van der Waals surface area contributed by atoms with Gasteiger partial charge in [0.05, 0.1) is 0 Å². The van der Waals surface area contributed by atoms with Crippen LogP contribution in [0.2, 0.25) is 0 Å². The first-order chi connectivity index (χ1) is 9.31. The fourth-order valence-corrected chi connectivity index (χ4v) is 2.44. The Kier molecular flexibility index (Phi) is 6.53. The number of alkyl carbamates (subject to hydrolysis) is 1. The summed E-state index contributed by atoms with van der Waals surface area (Å²) in [5.74, 6) is 0. The summed E-state index contributed by atoms with van der Waals surface area (Å²) in [6.45, 7) is 5.46. The van der Waals surface area contributed by atoms with Gasteiger partial charge in [-0.25, -0.2) is 4.79 Å². The van der Waals surface area contributed by atoms with Crippen LogP contribution in [-0.4, -0.2) is 18.7 Å². The van der Waals surface area contributed by atoms with Gasteiger partial charge in [-0.2, -0.15) is 0 Å². The molecule has 1 amide bonds. The van der Waals surface area contributed by atoms with Crippen molar-refractivity contribution in [3.05, 3.63) is 33.8 Å². The molecule has 1 aromatic carbocycles. The van der Waals surface area contributed by atoms with Crippen molar-refractivity contribution in [2.24, 2.45) is 0 Å². The van der Waals surface area contributed by atoms with E-state index in [9.17, 15) is 4.79 Å². The molecule has 0 saturated heterocycles. The number of halogens is 1. The minimum atomic E-state index is -0.389. The molecule has 0 saturated carbocycles. The average Bonchev–Trinajstić information content (AvgIpc) is 2.37. The molecule has 20 heavy (non-hydrogen) atoms. The number of carbonyl (C=O) groups is 1. The van der Waals surface area contributed by atoms with Crippen LogP contribution in [0.1, 0.15) is 44.7 Å². The second kappa shape index (κ2) is 7.67. The van der Waals surface area contributed by atoms with Gasteiger partial charge < -0.3 is 10.1 Å². The SMILES string of the molecule is Brc1ccc2c(c1)CCCC2.CNC(=O)OC(C)(C)C. The smallest absolute Gasteiger partial charge is 0.407 e. The van der Waals surface area contributed by atoms with Crippen LogP contribution in [0, 0.1) is 0 Å². The Hall–Kier alpha value is -1.03. The van der Waals surface area contributed by atoms with E-state index in [4.69, 9.17) is 4.74 Å². The zero-order chi connectivity index (χ0) is 15.2. The average molecular weight is 342 g/mol. The summed E-state index contributed by atoms with van der Waals surface area (Å²) in [5.41, 5.74) is 2.71. The molecule has 1 N–H and O–H groups in total. The molecule has 0 radical (unpaired) electrons. The predicted molar refractivity (Wildman–Crippen MR) is 86.1 cm³/mol. The molecule has 0 fully saturated rings. The second-order valence-corrected chi connectivity index (χ2v) is 6.79.